The molecule has 4 heterocycles. The number of aldehydes is 1. The molecule has 0 amide bonds. The van der Waals surface area contributed by atoms with Gasteiger partial charge in [0, 0.05) is 23.3 Å². The number of hydrogen-bond donors (Lipinski definition) is 1. The third-order valence-electron chi connectivity index (χ3n) is 4.08. The van der Waals surface area contributed by atoms with E-state index >= 15 is 0 Å². The summed E-state index contributed by atoms with van der Waals surface area (Å²) in [6, 6.07) is 7.82. The molecule has 4 aromatic rings. The van der Waals surface area contributed by atoms with Crippen LogP contribution in [0.2, 0.25) is 0 Å². The first kappa shape index (κ1) is 21.7. The fourth-order valence-electron chi connectivity index (χ4n) is 2.77. The van der Waals surface area contributed by atoms with E-state index in [1.165, 1.54) is 17.7 Å². The summed E-state index contributed by atoms with van der Waals surface area (Å²) < 4.78 is 33.0. The standard InChI is InChI=1S/C17H11N7S.C2HF3O/c18-3-1-15(11-5-13(6-19)25-9-11)24-8-12(7-23-24)16-14-2-4-20-17(14)22-10-21-16;3-2(4,5)1-6/h2,4-5,7-10,15H,1H2,(H,20,21,22);1H. The largest absolute Gasteiger partial charge is 0.446 e. The number of halogens is 3. The van der Waals surface area contributed by atoms with E-state index in [-0.39, 0.29) is 12.5 Å². The van der Waals surface area contributed by atoms with Gasteiger partial charge in [0.15, 0.2) is 0 Å². The Labute approximate surface area is 177 Å². The van der Waals surface area contributed by atoms with Crippen LogP contribution in [0.25, 0.3) is 22.3 Å². The van der Waals surface area contributed by atoms with Gasteiger partial charge in [-0.2, -0.15) is 28.8 Å². The molecular weight excluding hydrogens is 431 g/mol. The van der Waals surface area contributed by atoms with Crippen LogP contribution < -0.4 is 0 Å². The zero-order valence-electron chi connectivity index (χ0n) is 15.5. The number of H-pyrrole nitrogens is 1. The lowest BCUT2D eigenvalue weighted by molar-refractivity contribution is -0.156. The van der Waals surface area contributed by atoms with E-state index in [1.807, 2.05) is 29.9 Å². The molecule has 0 aliphatic rings. The van der Waals surface area contributed by atoms with Crippen LogP contribution in [-0.2, 0) is 4.79 Å². The van der Waals surface area contributed by atoms with Crippen molar-refractivity contribution in [3.63, 3.8) is 0 Å². The number of aromatic nitrogens is 5. The highest BCUT2D eigenvalue weighted by atomic mass is 32.1. The summed E-state index contributed by atoms with van der Waals surface area (Å²) in [6.07, 6.45) is 1.51. The Bertz CT molecular complexity index is 1280. The third-order valence-corrected chi connectivity index (χ3v) is 4.93. The molecule has 4 rings (SSSR count). The molecular formula is C19H12F3N7OS. The van der Waals surface area contributed by atoms with Crippen LogP contribution in [0, 0.1) is 22.7 Å². The fourth-order valence-corrected chi connectivity index (χ4v) is 3.51. The van der Waals surface area contributed by atoms with Crippen LogP contribution in [0.5, 0.6) is 0 Å². The van der Waals surface area contributed by atoms with Crippen molar-refractivity contribution >= 4 is 28.7 Å². The van der Waals surface area contributed by atoms with Crippen LogP contribution in [0.15, 0.2) is 42.4 Å². The number of nitrogens with one attached hydrogen (secondary N) is 1. The van der Waals surface area contributed by atoms with Crippen LogP contribution in [0.1, 0.15) is 22.9 Å². The molecule has 0 saturated heterocycles. The van der Waals surface area contributed by atoms with Crippen LogP contribution in [0.4, 0.5) is 13.2 Å². The van der Waals surface area contributed by atoms with Crippen molar-refractivity contribution in [2.45, 2.75) is 18.6 Å². The molecule has 0 bridgehead atoms. The van der Waals surface area contributed by atoms with Gasteiger partial charge >= 0.3 is 6.18 Å². The Morgan fingerprint density at radius 2 is 2.10 bits per heavy atom. The lowest BCUT2D eigenvalue weighted by Gasteiger charge is -2.12. The minimum atomic E-state index is -4.64. The highest BCUT2D eigenvalue weighted by Crippen LogP contribution is 2.29. The van der Waals surface area contributed by atoms with Gasteiger partial charge in [0.2, 0.25) is 6.29 Å². The summed E-state index contributed by atoms with van der Waals surface area (Å²) >= 11 is 1.37. The smallest absolute Gasteiger partial charge is 0.346 e. The highest BCUT2D eigenvalue weighted by molar-refractivity contribution is 7.10. The lowest BCUT2D eigenvalue weighted by atomic mass is 10.1. The molecule has 0 radical (unpaired) electrons. The maximum Gasteiger partial charge on any atom is 0.446 e. The molecule has 0 saturated carbocycles. The number of alkyl halides is 3. The number of carbonyl (C=O) groups excluding carboxylic acids is 1. The third kappa shape index (κ3) is 5.12. The van der Waals surface area contributed by atoms with Gasteiger partial charge in [-0.25, -0.2) is 9.97 Å². The second kappa shape index (κ2) is 9.19. The van der Waals surface area contributed by atoms with Crippen molar-refractivity contribution < 1.29 is 18.0 Å². The Kier molecular flexibility index (Phi) is 6.43. The summed E-state index contributed by atoms with van der Waals surface area (Å²) in [4.78, 5) is 20.9. The van der Waals surface area contributed by atoms with E-state index in [0.29, 0.717) is 4.88 Å². The van der Waals surface area contributed by atoms with Gasteiger partial charge in [-0.15, -0.1) is 11.3 Å². The first-order chi connectivity index (χ1) is 14.9. The summed E-state index contributed by atoms with van der Waals surface area (Å²) in [5.74, 6) is 0. The zero-order valence-corrected chi connectivity index (χ0v) is 16.4. The lowest BCUT2D eigenvalue weighted by Crippen LogP contribution is -2.09. The average Bonchev–Trinajstić information content (AvgIpc) is 3.52. The number of thiophene rings is 1. The number of rotatable bonds is 4. The number of carbonyl (C=O) groups is 1. The number of aromatic amines is 1. The van der Waals surface area contributed by atoms with Crippen molar-refractivity contribution in [3.8, 4) is 23.4 Å². The van der Waals surface area contributed by atoms with Crippen molar-refractivity contribution in [1.29, 1.82) is 10.5 Å². The molecule has 4 aromatic heterocycles. The summed E-state index contributed by atoms with van der Waals surface area (Å²) in [7, 11) is 0. The van der Waals surface area contributed by atoms with Crippen molar-refractivity contribution in [1.82, 2.24) is 24.7 Å². The summed E-state index contributed by atoms with van der Waals surface area (Å²) in [5, 5.41) is 25.5. The van der Waals surface area contributed by atoms with Crippen LogP contribution in [-0.4, -0.2) is 37.2 Å². The average molecular weight is 443 g/mol. The second-order valence-electron chi connectivity index (χ2n) is 6.06. The minimum absolute atomic E-state index is 0.236. The summed E-state index contributed by atoms with van der Waals surface area (Å²) in [5.41, 5.74) is 3.32. The summed E-state index contributed by atoms with van der Waals surface area (Å²) in [6.45, 7) is 0. The molecule has 31 heavy (non-hydrogen) atoms. The Morgan fingerprint density at radius 1 is 1.32 bits per heavy atom. The van der Waals surface area contributed by atoms with E-state index in [9.17, 15) is 18.4 Å². The molecule has 1 atom stereocenters. The van der Waals surface area contributed by atoms with Gasteiger partial charge in [-0.05, 0) is 23.1 Å². The van der Waals surface area contributed by atoms with Gasteiger partial charge in [0.1, 0.15) is 22.9 Å². The molecule has 156 valence electrons. The predicted octanol–water partition coefficient (Wildman–Crippen LogP) is 4.01. The maximum absolute atomic E-state index is 10.4. The SMILES string of the molecule is N#CCC(c1csc(C#N)c1)n1cc(-c2ncnc3[nH]ccc23)cn1.O=CC(F)(F)F. The molecule has 0 aliphatic carbocycles. The minimum Gasteiger partial charge on any atom is -0.346 e. The van der Waals surface area contributed by atoms with Gasteiger partial charge in [0.25, 0.3) is 0 Å². The van der Waals surface area contributed by atoms with E-state index < -0.39 is 12.5 Å². The van der Waals surface area contributed by atoms with Crippen LogP contribution >= 0.6 is 11.3 Å². The molecule has 0 fully saturated rings. The maximum atomic E-state index is 10.4. The van der Waals surface area contributed by atoms with Crippen molar-refractivity contribution in [2.75, 3.05) is 0 Å². The van der Waals surface area contributed by atoms with E-state index in [0.717, 1.165) is 27.9 Å². The number of nitriles is 2. The highest BCUT2D eigenvalue weighted by Gasteiger charge is 2.25. The zero-order chi connectivity index (χ0) is 22.4. The monoisotopic (exact) mass is 443 g/mol. The molecule has 0 aromatic carbocycles. The molecule has 12 heteroatoms. The molecule has 1 unspecified atom stereocenters. The predicted molar refractivity (Wildman–Crippen MR) is 105 cm³/mol. The first-order valence-corrected chi connectivity index (χ1v) is 9.45. The fraction of sp³-hybridized carbons (Fsp3) is 0.158. The van der Waals surface area contributed by atoms with E-state index in [4.69, 9.17) is 10.1 Å². The second-order valence-corrected chi connectivity index (χ2v) is 6.98. The normalized spacial score (nSPS) is 11.8. The van der Waals surface area contributed by atoms with Gasteiger partial charge in [-0.3, -0.25) is 9.48 Å². The first-order valence-electron chi connectivity index (χ1n) is 8.57. The van der Waals surface area contributed by atoms with Gasteiger partial charge in [0.05, 0.1) is 30.4 Å². The van der Waals surface area contributed by atoms with Gasteiger partial charge < -0.3 is 4.98 Å². The Balaban J connectivity index is 0.000000401. The Hall–Kier alpha value is -4.03. The van der Waals surface area contributed by atoms with Crippen LogP contribution in [0.3, 0.4) is 0 Å². The number of fused-ring (bicyclic) bond motifs is 1. The van der Waals surface area contributed by atoms with E-state index in [2.05, 4.69) is 32.2 Å². The molecule has 0 spiro atoms. The van der Waals surface area contributed by atoms with Gasteiger partial charge in [-0.1, -0.05) is 0 Å². The topological polar surface area (TPSA) is 124 Å². The van der Waals surface area contributed by atoms with Crippen molar-refractivity contribution in [2.24, 2.45) is 0 Å². The quantitative estimate of drug-likeness (QED) is 0.475. The number of hydrogen-bond acceptors (Lipinski definition) is 7. The molecule has 8 nitrogen and oxygen atoms in total. The van der Waals surface area contributed by atoms with E-state index in [1.54, 1.807) is 10.9 Å². The Morgan fingerprint density at radius 3 is 2.74 bits per heavy atom. The van der Waals surface area contributed by atoms with Crippen molar-refractivity contribution in [3.05, 3.63) is 52.9 Å². The molecule has 1 N–H and O–H groups in total. The molecule has 0 aliphatic heterocycles. The number of nitrogens with zero attached hydrogens (tertiary/aromatic N) is 6.